The molecule has 0 amide bonds. The lowest BCUT2D eigenvalue weighted by Gasteiger charge is -2.10. The molecule has 100 valence electrons. The standard InChI is InChI=1S/C13H7BrCl3FO/c14-8-4-9(16)11(18)5-13(8)19-12-2-1-7(6-15)3-10(12)17/h1-5H,6H2. The van der Waals surface area contributed by atoms with Crippen LogP contribution >= 0.6 is 50.7 Å². The molecule has 0 aliphatic heterocycles. The summed E-state index contributed by atoms with van der Waals surface area (Å²) in [5.41, 5.74) is 0.875. The van der Waals surface area contributed by atoms with Crippen LogP contribution in [0.3, 0.4) is 0 Å². The number of rotatable bonds is 3. The normalized spacial score (nSPS) is 10.6. The van der Waals surface area contributed by atoms with E-state index in [1.807, 2.05) is 0 Å². The molecule has 0 N–H and O–H groups in total. The maximum absolute atomic E-state index is 13.4. The van der Waals surface area contributed by atoms with Crippen molar-refractivity contribution in [2.75, 3.05) is 0 Å². The molecule has 2 rings (SSSR count). The van der Waals surface area contributed by atoms with Gasteiger partial charge in [0.1, 0.15) is 17.3 Å². The zero-order valence-electron chi connectivity index (χ0n) is 9.39. The van der Waals surface area contributed by atoms with Crippen LogP contribution in [0.4, 0.5) is 4.39 Å². The molecule has 0 saturated carbocycles. The van der Waals surface area contributed by atoms with Crippen molar-refractivity contribution in [2.45, 2.75) is 5.88 Å². The zero-order valence-corrected chi connectivity index (χ0v) is 13.2. The van der Waals surface area contributed by atoms with Gasteiger partial charge in [0.05, 0.1) is 14.5 Å². The molecule has 0 bridgehead atoms. The average molecular weight is 384 g/mol. The van der Waals surface area contributed by atoms with Gasteiger partial charge in [0.2, 0.25) is 0 Å². The number of hydrogen-bond donors (Lipinski definition) is 0. The predicted molar refractivity (Wildman–Crippen MR) is 80.2 cm³/mol. The Labute approximate surface area is 133 Å². The first-order chi connectivity index (χ1) is 9.01. The third-order valence-electron chi connectivity index (χ3n) is 2.35. The van der Waals surface area contributed by atoms with Crippen LogP contribution in [0.15, 0.2) is 34.8 Å². The van der Waals surface area contributed by atoms with Crippen molar-refractivity contribution in [1.29, 1.82) is 0 Å². The quantitative estimate of drug-likeness (QED) is 0.438. The highest BCUT2D eigenvalue weighted by atomic mass is 79.9. The predicted octanol–water partition coefficient (Wildman–Crippen LogP) is 6.43. The van der Waals surface area contributed by atoms with Crippen LogP contribution in [-0.4, -0.2) is 0 Å². The van der Waals surface area contributed by atoms with Crippen molar-refractivity contribution in [1.82, 2.24) is 0 Å². The fourth-order valence-corrected chi connectivity index (χ4v) is 2.54. The second kappa shape index (κ2) is 6.31. The number of benzene rings is 2. The minimum absolute atomic E-state index is 0.0165. The molecule has 1 nitrogen and oxygen atoms in total. The van der Waals surface area contributed by atoms with E-state index in [2.05, 4.69) is 15.9 Å². The van der Waals surface area contributed by atoms with Crippen LogP contribution in [0.25, 0.3) is 0 Å². The summed E-state index contributed by atoms with van der Waals surface area (Å²) in [5.74, 6) is 0.507. The average Bonchev–Trinajstić information content (AvgIpc) is 2.38. The van der Waals surface area contributed by atoms with Gasteiger partial charge in [-0.3, -0.25) is 0 Å². The summed E-state index contributed by atoms with van der Waals surface area (Å²) in [6, 6.07) is 7.78. The summed E-state index contributed by atoms with van der Waals surface area (Å²) < 4.78 is 19.5. The second-order valence-corrected chi connectivity index (χ2v) is 5.63. The Morgan fingerprint density at radius 3 is 2.42 bits per heavy atom. The van der Waals surface area contributed by atoms with Crippen LogP contribution in [0, 0.1) is 5.82 Å². The Kier molecular flexibility index (Phi) is 4.96. The molecule has 19 heavy (non-hydrogen) atoms. The van der Waals surface area contributed by atoms with Crippen LogP contribution in [0.5, 0.6) is 11.5 Å². The molecular weight excluding hydrogens is 377 g/mol. The fourth-order valence-electron chi connectivity index (χ4n) is 1.41. The molecule has 2 aromatic rings. The van der Waals surface area contributed by atoms with Gasteiger partial charge in [0, 0.05) is 11.9 Å². The summed E-state index contributed by atoms with van der Waals surface area (Å²) in [4.78, 5) is 0. The molecule has 0 aliphatic carbocycles. The Morgan fingerprint density at radius 2 is 1.79 bits per heavy atom. The van der Waals surface area contributed by atoms with Gasteiger partial charge in [0.15, 0.2) is 0 Å². The molecule has 0 unspecified atom stereocenters. The lowest BCUT2D eigenvalue weighted by Crippen LogP contribution is -1.90. The molecule has 0 aromatic heterocycles. The van der Waals surface area contributed by atoms with Gasteiger partial charge in [-0.25, -0.2) is 4.39 Å². The van der Waals surface area contributed by atoms with Crippen LogP contribution in [0.2, 0.25) is 10.0 Å². The molecule has 0 heterocycles. The lowest BCUT2D eigenvalue weighted by molar-refractivity contribution is 0.474. The number of halogens is 5. The Morgan fingerprint density at radius 1 is 1.05 bits per heavy atom. The van der Waals surface area contributed by atoms with E-state index in [0.717, 1.165) is 5.56 Å². The van der Waals surface area contributed by atoms with E-state index in [9.17, 15) is 4.39 Å². The van der Waals surface area contributed by atoms with E-state index < -0.39 is 5.82 Å². The first kappa shape index (κ1) is 14.9. The maximum Gasteiger partial charge on any atom is 0.146 e. The van der Waals surface area contributed by atoms with Gasteiger partial charge >= 0.3 is 0 Å². The Balaban J connectivity index is 2.33. The highest BCUT2D eigenvalue weighted by molar-refractivity contribution is 9.10. The monoisotopic (exact) mass is 382 g/mol. The van der Waals surface area contributed by atoms with E-state index >= 15 is 0 Å². The third-order valence-corrected chi connectivity index (χ3v) is 3.86. The van der Waals surface area contributed by atoms with Gasteiger partial charge in [-0.2, -0.15) is 0 Å². The van der Waals surface area contributed by atoms with Crippen LogP contribution in [-0.2, 0) is 5.88 Å². The van der Waals surface area contributed by atoms with Gasteiger partial charge in [0.25, 0.3) is 0 Å². The van der Waals surface area contributed by atoms with Crippen LogP contribution in [0.1, 0.15) is 5.56 Å². The SMILES string of the molecule is Fc1cc(Oc2ccc(CCl)cc2Cl)c(Br)cc1Cl. The summed E-state index contributed by atoms with van der Waals surface area (Å²) in [6.07, 6.45) is 0. The zero-order chi connectivity index (χ0) is 14.0. The molecule has 0 atom stereocenters. The molecule has 2 aromatic carbocycles. The third kappa shape index (κ3) is 3.54. The summed E-state index contributed by atoms with van der Waals surface area (Å²) in [6.45, 7) is 0. The number of hydrogen-bond acceptors (Lipinski definition) is 1. The highest BCUT2D eigenvalue weighted by Gasteiger charge is 2.11. The van der Waals surface area contributed by atoms with Crippen molar-refractivity contribution in [2.24, 2.45) is 0 Å². The van der Waals surface area contributed by atoms with Crippen molar-refractivity contribution in [3.05, 3.63) is 56.2 Å². The van der Waals surface area contributed by atoms with Crippen molar-refractivity contribution >= 4 is 50.7 Å². The van der Waals surface area contributed by atoms with Crippen molar-refractivity contribution < 1.29 is 9.13 Å². The smallest absolute Gasteiger partial charge is 0.146 e. The Bertz CT molecular complexity index is 619. The van der Waals surface area contributed by atoms with E-state index in [-0.39, 0.29) is 5.02 Å². The number of alkyl halides is 1. The molecular formula is C13H7BrCl3FO. The molecule has 0 aliphatic rings. The minimum Gasteiger partial charge on any atom is -0.455 e. The van der Waals surface area contributed by atoms with E-state index in [1.54, 1.807) is 18.2 Å². The van der Waals surface area contributed by atoms with E-state index in [1.165, 1.54) is 12.1 Å². The van der Waals surface area contributed by atoms with Gasteiger partial charge in [-0.1, -0.05) is 29.3 Å². The van der Waals surface area contributed by atoms with Crippen molar-refractivity contribution in [3.63, 3.8) is 0 Å². The summed E-state index contributed by atoms with van der Waals surface area (Å²) >= 11 is 20.7. The summed E-state index contributed by atoms with van der Waals surface area (Å²) in [7, 11) is 0. The maximum atomic E-state index is 13.4. The largest absolute Gasteiger partial charge is 0.455 e. The molecule has 0 fully saturated rings. The molecule has 0 radical (unpaired) electrons. The van der Waals surface area contributed by atoms with Gasteiger partial charge in [-0.05, 0) is 39.7 Å². The fraction of sp³-hybridized carbons (Fsp3) is 0.0769. The second-order valence-electron chi connectivity index (χ2n) is 3.70. The molecule has 0 spiro atoms. The minimum atomic E-state index is -0.562. The highest BCUT2D eigenvalue weighted by Crippen LogP contribution is 2.36. The van der Waals surface area contributed by atoms with Crippen LogP contribution < -0.4 is 4.74 Å². The molecule has 6 heteroatoms. The first-order valence-corrected chi connectivity index (χ1v) is 7.26. The Hall–Kier alpha value is -0.480. The summed E-state index contributed by atoms with van der Waals surface area (Å²) in [5, 5.41) is 0.420. The number of ether oxygens (including phenoxy) is 1. The molecule has 0 saturated heterocycles. The first-order valence-electron chi connectivity index (χ1n) is 5.18. The lowest BCUT2D eigenvalue weighted by atomic mass is 10.2. The topological polar surface area (TPSA) is 9.23 Å². The van der Waals surface area contributed by atoms with Crippen molar-refractivity contribution in [3.8, 4) is 11.5 Å². The van der Waals surface area contributed by atoms with Gasteiger partial charge in [-0.15, -0.1) is 11.6 Å². The van der Waals surface area contributed by atoms with E-state index in [4.69, 9.17) is 39.5 Å². The van der Waals surface area contributed by atoms with Gasteiger partial charge < -0.3 is 4.74 Å². The van der Waals surface area contributed by atoms with E-state index in [0.29, 0.717) is 26.9 Å².